The maximum absolute atomic E-state index is 5.78. The van der Waals surface area contributed by atoms with Gasteiger partial charge in [-0.05, 0) is 24.1 Å². The van der Waals surface area contributed by atoms with Crippen molar-refractivity contribution in [3.05, 3.63) is 29.8 Å². The summed E-state index contributed by atoms with van der Waals surface area (Å²) in [5.41, 5.74) is 2.45. The predicted molar refractivity (Wildman–Crippen MR) is 68.2 cm³/mol. The Bertz CT molecular complexity index is 325. The van der Waals surface area contributed by atoms with Crippen LogP contribution in [0.4, 0.5) is 5.69 Å². The molecule has 0 bridgehead atoms. The Balaban J connectivity index is 2.05. The summed E-state index contributed by atoms with van der Waals surface area (Å²) >= 11 is 5.78. The smallest absolute Gasteiger partial charge is 0.0748 e. The molecule has 1 fully saturated rings. The molecule has 1 aromatic rings. The summed E-state index contributed by atoms with van der Waals surface area (Å²) in [6.45, 7) is 4.98. The minimum absolute atomic E-state index is 0.376. The number of nitrogens with zero attached hydrogens (tertiary/aromatic N) is 1. The number of ether oxygens (including phenoxy) is 1. The fourth-order valence-electron chi connectivity index (χ4n) is 2.00. The van der Waals surface area contributed by atoms with Gasteiger partial charge >= 0.3 is 0 Å². The number of halogens is 1. The van der Waals surface area contributed by atoms with E-state index in [2.05, 4.69) is 36.1 Å². The first-order chi connectivity index (χ1) is 7.83. The van der Waals surface area contributed by atoms with Crippen molar-refractivity contribution in [2.45, 2.75) is 25.3 Å². The Hall–Kier alpha value is -0.730. The number of alkyl halides is 1. The minimum atomic E-state index is 0.376. The second-order valence-electron chi connectivity index (χ2n) is 4.15. The first-order valence-electron chi connectivity index (χ1n) is 5.85. The normalized spacial score (nSPS) is 21.1. The lowest BCUT2D eigenvalue weighted by molar-refractivity contribution is 0.0384. The molecule has 1 heterocycles. The van der Waals surface area contributed by atoms with E-state index < -0.39 is 0 Å². The number of hydrogen-bond donors (Lipinski definition) is 0. The molecule has 88 valence electrons. The van der Waals surface area contributed by atoms with Crippen molar-refractivity contribution < 1.29 is 4.74 Å². The summed E-state index contributed by atoms with van der Waals surface area (Å²) in [6.07, 6.45) is 1.46. The average Bonchev–Trinajstić information content (AvgIpc) is 2.39. The molecule has 1 unspecified atom stereocenters. The van der Waals surface area contributed by atoms with E-state index >= 15 is 0 Å². The van der Waals surface area contributed by atoms with Gasteiger partial charge in [0.05, 0.1) is 12.7 Å². The summed E-state index contributed by atoms with van der Waals surface area (Å²) < 4.78 is 5.66. The van der Waals surface area contributed by atoms with Crippen LogP contribution >= 0.6 is 11.6 Å². The fraction of sp³-hybridized carbons (Fsp3) is 0.538. The molecule has 1 aliphatic rings. The quantitative estimate of drug-likeness (QED) is 0.752. The van der Waals surface area contributed by atoms with Crippen LogP contribution in [0.2, 0.25) is 0 Å². The molecule has 0 aliphatic carbocycles. The maximum atomic E-state index is 5.78. The van der Waals surface area contributed by atoms with Crippen LogP contribution in [-0.4, -0.2) is 25.8 Å². The van der Waals surface area contributed by atoms with Crippen molar-refractivity contribution in [1.82, 2.24) is 0 Å². The lowest BCUT2D eigenvalue weighted by Crippen LogP contribution is -2.42. The van der Waals surface area contributed by atoms with Crippen LogP contribution < -0.4 is 4.90 Å². The Morgan fingerprint density at radius 3 is 2.75 bits per heavy atom. The highest BCUT2D eigenvalue weighted by atomic mass is 35.5. The molecular weight excluding hydrogens is 222 g/mol. The van der Waals surface area contributed by atoms with Gasteiger partial charge in [-0.25, -0.2) is 0 Å². The highest BCUT2D eigenvalue weighted by molar-refractivity contribution is 6.17. The van der Waals surface area contributed by atoms with Crippen LogP contribution in [0, 0.1) is 0 Å². The molecule has 0 radical (unpaired) electrons. The number of rotatable bonds is 3. The van der Waals surface area contributed by atoms with Crippen molar-refractivity contribution in [3.63, 3.8) is 0 Å². The molecule has 1 atom stereocenters. The van der Waals surface area contributed by atoms with Crippen LogP contribution in [0.5, 0.6) is 0 Å². The van der Waals surface area contributed by atoms with Gasteiger partial charge in [-0.15, -0.1) is 11.6 Å². The third-order valence-corrected chi connectivity index (χ3v) is 3.36. The highest BCUT2D eigenvalue weighted by Gasteiger charge is 2.18. The number of morpholine rings is 1. The van der Waals surface area contributed by atoms with Crippen LogP contribution in [-0.2, 0) is 10.6 Å². The Morgan fingerprint density at radius 1 is 1.38 bits per heavy atom. The second kappa shape index (κ2) is 5.55. The largest absolute Gasteiger partial charge is 0.375 e. The van der Waals surface area contributed by atoms with Crippen molar-refractivity contribution in [2.75, 3.05) is 24.6 Å². The van der Waals surface area contributed by atoms with Gasteiger partial charge in [0.2, 0.25) is 0 Å². The first-order valence-corrected chi connectivity index (χ1v) is 6.38. The van der Waals surface area contributed by atoms with E-state index in [9.17, 15) is 0 Å². The van der Waals surface area contributed by atoms with Gasteiger partial charge in [-0.1, -0.05) is 19.1 Å². The molecule has 0 saturated carbocycles. The van der Waals surface area contributed by atoms with E-state index in [1.54, 1.807) is 0 Å². The third kappa shape index (κ3) is 2.69. The lowest BCUT2D eigenvalue weighted by Gasteiger charge is -2.34. The zero-order valence-electron chi connectivity index (χ0n) is 9.66. The molecule has 0 N–H and O–H groups in total. The van der Waals surface area contributed by atoms with Crippen LogP contribution in [0.1, 0.15) is 18.9 Å². The first kappa shape index (κ1) is 11.7. The van der Waals surface area contributed by atoms with Gasteiger partial charge in [-0.2, -0.15) is 0 Å². The molecule has 2 nitrogen and oxygen atoms in total. The average molecular weight is 240 g/mol. The fourth-order valence-corrected chi connectivity index (χ4v) is 2.17. The van der Waals surface area contributed by atoms with E-state index in [1.807, 2.05) is 0 Å². The standard InChI is InChI=1S/C13H18ClNO/c1-2-13-10-15(7-8-16-13)12-5-3-11(9-14)4-6-12/h3-6,13H,2,7-10H2,1H3. The summed E-state index contributed by atoms with van der Waals surface area (Å²) in [4.78, 5) is 2.38. The molecule has 0 spiro atoms. The van der Waals surface area contributed by atoms with E-state index in [4.69, 9.17) is 16.3 Å². The van der Waals surface area contributed by atoms with Crippen molar-refractivity contribution in [3.8, 4) is 0 Å². The molecule has 2 rings (SSSR count). The van der Waals surface area contributed by atoms with Crippen molar-refractivity contribution in [1.29, 1.82) is 0 Å². The van der Waals surface area contributed by atoms with Gasteiger partial charge in [0.15, 0.2) is 0 Å². The Morgan fingerprint density at radius 2 is 2.12 bits per heavy atom. The molecule has 0 amide bonds. The van der Waals surface area contributed by atoms with E-state index in [-0.39, 0.29) is 0 Å². The topological polar surface area (TPSA) is 12.5 Å². The van der Waals surface area contributed by atoms with E-state index in [1.165, 1.54) is 11.3 Å². The predicted octanol–water partition coefficient (Wildman–Crippen LogP) is 3.04. The molecular formula is C13H18ClNO. The molecule has 16 heavy (non-hydrogen) atoms. The summed E-state index contributed by atoms with van der Waals surface area (Å²) in [5.74, 6) is 0.584. The Kier molecular flexibility index (Phi) is 4.08. The zero-order chi connectivity index (χ0) is 11.4. The van der Waals surface area contributed by atoms with Gasteiger partial charge in [0, 0.05) is 24.7 Å². The molecule has 1 aromatic carbocycles. The molecule has 0 aromatic heterocycles. The zero-order valence-corrected chi connectivity index (χ0v) is 10.4. The van der Waals surface area contributed by atoms with Gasteiger partial charge in [-0.3, -0.25) is 0 Å². The summed E-state index contributed by atoms with van der Waals surface area (Å²) in [7, 11) is 0. The molecule has 3 heteroatoms. The SMILES string of the molecule is CCC1CN(c2ccc(CCl)cc2)CCO1. The van der Waals surface area contributed by atoms with Gasteiger partial charge < -0.3 is 9.64 Å². The summed E-state index contributed by atoms with van der Waals surface area (Å²) in [6, 6.07) is 8.49. The molecule has 1 aliphatic heterocycles. The van der Waals surface area contributed by atoms with Gasteiger partial charge in [0.25, 0.3) is 0 Å². The van der Waals surface area contributed by atoms with Crippen LogP contribution in [0.15, 0.2) is 24.3 Å². The minimum Gasteiger partial charge on any atom is -0.375 e. The number of hydrogen-bond acceptors (Lipinski definition) is 2. The Labute approximate surface area is 102 Å². The maximum Gasteiger partial charge on any atom is 0.0748 e. The number of anilines is 1. The van der Waals surface area contributed by atoms with E-state index in [0.29, 0.717) is 12.0 Å². The molecule has 1 saturated heterocycles. The second-order valence-corrected chi connectivity index (χ2v) is 4.41. The highest BCUT2D eigenvalue weighted by Crippen LogP contribution is 2.19. The van der Waals surface area contributed by atoms with Crippen molar-refractivity contribution in [2.24, 2.45) is 0 Å². The third-order valence-electron chi connectivity index (χ3n) is 3.05. The van der Waals surface area contributed by atoms with Crippen molar-refractivity contribution >= 4 is 17.3 Å². The van der Waals surface area contributed by atoms with Crippen LogP contribution in [0.25, 0.3) is 0 Å². The van der Waals surface area contributed by atoms with Gasteiger partial charge in [0.1, 0.15) is 0 Å². The summed E-state index contributed by atoms with van der Waals surface area (Å²) in [5, 5.41) is 0. The van der Waals surface area contributed by atoms with Crippen LogP contribution in [0.3, 0.4) is 0 Å². The van der Waals surface area contributed by atoms with E-state index in [0.717, 1.165) is 26.1 Å². The number of benzene rings is 1. The lowest BCUT2D eigenvalue weighted by atomic mass is 10.1. The monoisotopic (exact) mass is 239 g/mol.